The summed E-state index contributed by atoms with van der Waals surface area (Å²) >= 11 is 0. The van der Waals surface area contributed by atoms with Gasteiger partial charge in [-0.05, 0) is 12.1 Å². The molecule has 0 saturated carbocycles. The van der Waals surface area contributed by atoms with E-state index in [2.05, 4.69) is 10.3 Å². The first kappa shape index (κ1) is 20.3. The lowest BCUT2D eigenvalue weighted by molar-refractivity contribution is -0.303. The molecular formula is C17H21N3O8. The zero-order valence-corrected chi connectivity index (χ0v) is 15.0. The highest BCUT2D eigenvalue weighted by atomic mass is 16.7. The lowest BCUT2D eigenvalue weighted by Gasteiger charge is -2.41. The third kappa shape index (κ3) is 4.04. The average Bonchev–Trinajstić information content (AvgIpc) is 3.17. The fourth-order valence-corrected chi connectivity index (χ4v) is 2.96. The molecule has 0 unspecified atom stereocenters. The van der Waals surface area contributed by atoms with E-state index in [-0.39, 0.29) is 12.2 Å². The molecule has 3 rings (SSSR count). The van der Waals surface area contributed by atoms with Gasteiger partial charge in [0.15, 0.2) is 6.29 Å². The Balaban J connectivity index is 1.73. The van der Waals surface area contributed by atoms with Crippen LogP contribution in [0.2, 0.25) is 0 Å². The molecule has 2 heterocycles. The van der Waals surface area contributed by atoms with Crippen molar-refractivity contribution in [1.29, 1.82) is 0 Å². The number of methoxy groups -OCH3 is 1. The highest BCUT2D eigenvalue weighted by molar-refractivity contribution is 5.91. The topological polar surface area (TPSA) is 156 Å². The lowest BCUT2D eigenvalue weighted by Crippen LogP contribution is -2.59. The number of hydrogen-bond acceptors (Lipinski definition) is 9. The van der Waals surface area contributed by atoms with Crippen molar-refractivity contribution >= 4 is 5.97 Å². The summed E-state index contributed by atoms with van der Waals surface area (Å²) in [6, 6.07) is 6.31. The molecule has 2 aromatic rings. The monoisotopic (exact) mass is 395 g/mol. The van der Waals surface area contributed by atoms with E-state index in [4.69, 9.17) is 14.2 Å². The maximum Gasteiger partial charge on any atom is 0.337 e. The number of ether oxygens (including phenoxy) is 3. The number of rotatable bonds is 7. The Hall–Kier alpha value is -2.41. The molecule has 4 N–H and O–H groups in total. The molecule has 0 bridgehead atoms. The molecule has 1 fully saturated rings. The molecule has 0 radical (unpaired) electrons. The van der Waals surface area contributed by atoms with Gasteiger partial charge in [-0.2, -0.15) is 0 Å². The molecule has 11 nitrogen and oxygen atoms in total. The van der Waals surface area contributed by atoms with Crippen LogP contribution < -0.4 is 0 Å². The van der Waals surface area contributed by atoms with E-state index in [1.165, 1.54) is 24.1 Å². The Bertz CT molecular complexity index is 797. The van der Waals surface area contributed by atoms with Crippen LogP contribution in [0.1, 0.15) is 16.1 Å². The molecule has 28 heavy (non-hydrogen) atoms. The van der Waals surface area contributed by atoms with Crippen LogP contribution in [0, 0.1) is 0 Å². The second-order valence-electron chi connectivity index (χ2n) is 6.19. The Morgan fingerprint density at radius 2 is 2.04 bits per heavy atom. The first-order valence-corrected chi connectivity index (χ1v) is 8.47. The Morgan fingerprint density at radius 1 is 1.29 bits per heavy atom. The second kappa shape index (κ2) is 8.73. The van der Waals surface area contributed by atoms with Crippen LogP contribution in [0.5, 0.6) is 0 Å². The number of carboxylic acid groups (broad SMARTS) is 1. The summed E-state index contributed by atoms with van der Waals surface area (Å²) in [6.45, 7) is -0.599. The molecular weight excluding hydrogens is 374 g/mol. The van der Waals surface area contributed by atoms with Gasteiger partial charge in [-0.1, -0.05) is 17.3 Å². The summed E-state index contributed by atoms with van der Waals surface area (Å²) in [5, 5.41) is 46.9. The fourth-order valence-electron chi connectivity index (χ4n) is 2.96. The number of para-hydroxylation sites is 1. The van der Waals surface area contributed by atoms with Gasteiger partial charge >= 0.3 is 5.97 Å². The molecule has 1 aliphatic rings. The van der Waals surface area contributed by atoms with Gasteiger partial charge in [0.1, 0.15) is 30.1 Å². The van der Waals surface area contributed by atoms with Crippen molar-refractivity contribution in [1.82, 2.24) is 15.0 Å². The van der Waals surface area contributed by atoms with E-state index in [0.717, 1.165) is 0 Å². The van der Waals surface area contributed by atoms with Crippen molar-refractivity contribution < 1.29 is 39.4 Å². The molecule has 5 atom stereocenters. The van der Waals surface area contributed by atoms with Crippen molar-refractivity contribution in [2.45, 2.75) is 37.3 Å². The minimum Gasteiger partial charge on any atom is -0.478 e. The largest absolute Gasteiger partial charge is 0.478 e. The number of benzene rings is 1. The first-order valence-electron chi connectivity index (χ1n) is 8.47. The first-order chi connectivity index (χ1) is 13.5. The van der Waals surface area contributed by atoms with Gasteiger partial charge in [-0.3, -0.25) is 0 Å². The summed E-state index contributed by atoms with van der Waals surface area (Å²) in [7, 11) is 1.32. The molecule has 152 valence electrons. The maximum atomic E-state index is 11.3. The van der Waals surface area contributed by atoms with Crippen molar-refractivity contribution in [3.63, 3.8) is 0 Å². The number of aromatic carboxylic acids is 1. The minimum absolute atomic E-state index is 0.0591. The molecule has 1 aliphatic heterocycles. The lowest BCUT2D eigenvalue weighted by atomic mass is 9.99. The molecule has 0 amide bonds. The summed E-state index contributed by atoms with van der Waals surface area (Å²) < 4.78 is 17.1. The highest BCUT2D eigenvalue weighted by Crippen LogP contribution is 2.24. The number of hydrogen-bond donors (Lipinski definition) is 4. The Labute approximate surface area is 159 Å². The van der Waals surface area contributed by atoms with Crippen molar-refractivity contribution in [2.24, 2.45) is 0 Å². The van der Waals surface area contributed by atoms with E-state index in [1.54, 1.807) is 18.2 Å². The van der Waals surface area contributed by atoms with E-state index in [9.17, 15) is 25.2 Å². The molecule has 0 spiro atoms. The predicted molar refractivity (Wildman–Crippen MR) is 91.7 cm³/mol. The third-order valence-electron chi connectivity index (χ3n) is 4.40. The van der Waals surface area contributed by atoms with Crippen molar-refractivity contribution in [3.05, 3.63) is 41.7 Å². The average molecular weight is 395 g/mol. The van der Waals surface area contributed by atoms with Gasteiger partial charge < -0.3 is 34.6 Å². The number of aliphatic hydroxyl groups is 3. The van der Waals surface area contributed by atoms with Gasteiger partial charge in [0.25, 0.3) is 0 Å². The zero-order valence-electron chi connectivity index (χ0n) is 15.0. The standard InChI is InChI=1S/C17H21N3O8/c1-26-17-14(23)15(13(22)12(7-21)28-17)27-8-9-6-20(19-18-9)11-5-3-2-4-10(11)16(24)25/h2-6,12-15,17,21-23H,7-8H2,1H3,(H,24,25)/t12-,13+,14-,15+,17-/m1/s1. The molecule has 11 heteroatoms. The number of carbonyl (C=O) groups is 1. The summed E-state index contributed by atoms with van der Waals surface area (Å²) in [4.78, 5) is 11.3. The predicted octanol–water partition coefficient (Wildman–Crippen LogP) is -1.06. The van der Waals surface area contributed by atoms with Crippen LogP contribution in [0.4, 0.5) is 0 Å². The summed E-state index contributed by atoms with van der Waals surface area (Å²) in [5.74, 6) is -1.10. The second-order valence-corrected chi connectivity index (χ2v) is 6.19. The molecule has 0 aliphatic carbocycles. The van der Waals surface area contributed by atoms with Gasteiger partial charge in [0, 0.05) is 7.11 Å². The van der Waals surface area contributed by atoms with Crippen LogP contribution >= 0.6 is 0 Å². The Morgan fingerprint density at radius 3 is 2.71 bits per heavy atom. The SMILES string of the molecule is CO[C@@H]1O[C@H](CO)[C@H](O)[C@H](OCc2cn(-c3ccccc3C(=O)O)nn2)[C@H]1O. The van der Waals surface area contributed by atoms with Crippen LogP contribution in [-0.4, -0.2) is 85.8 Å². The smallest absolute Gasteiger partial charge is 0.337 e. The van der Waals surface area contributed by atoms with Crippen LogP contribution in [-0.2, 0) is 20.8 Å². The van der Waals surface area contributed by atoms with Crippen LogP contribution in [0.15, 0.2) is 30.5 Å². The highest BCUT2D eigenvalue weighted by Gasteiger charge is 2.45. The van der Waals surface area contributed by atoms with Gasteiger partial charge in [0.2, 0.25) is 0 Å². The van der Waals surface area contributed by atoms with Gasteiger partial charge in [0.05, 0.1) is 30.7 Å². The number of carboxylic acids is 1. The maximum absolute atomic E-state index is 11.3. The summed E-state index contributed by atoms with van der Waals surface area (Å²) in [5.41, 5.74) is 0.740. The summed E-state index contributed by atoms with van der Waals surface area (Å²) in [6.07, 6.45) is -4.22. The Kier molecular flexibility index (Phi) is 6.34. The van der Waals surface area contributed by atoms with E-state index >= 15 is 0 Å². The van der Waals surface area contributed by atoms with Crippen molar-refractivity contribution in [2.75, 3.05) is 13.7 Å². The van der Waals surface area contributed by atoms with E-state index in [0.29, 0.717) is 11.4 Å². The van der Waals surface area contributed by atoms with Gasteiger partial charge in [-0.25, -0.2) is 9.48 Å². The van der Waals surface area contributed by atoms with Crippen molar-refractivity contribution in [3.8, 4) is 5.69 Å². The van der Waals surface area contributed by atoms with Crippen LogP contribution in [0.25, 0.3) is 5.69 Å². The molecule has 1 aromatic carbocycles. The minimum atomic E-state index is -1.29. The molecule has 1 aromatic heterocycles. The zero-order chi connectivity index (χ0) is 20.3. The fraction of sp³-hybridized carbons (Fsp3) is 0.471. The third-order valence-corrected chi connectivity index (χ3v) is 4.40. The van der Waals surface area contributed by atoms with E-state index < -0.39 is 43.3 Å². The molecule has 1 saturated heterocycles. The number of nitrogens with zero attached hydrogens (tertiary/aromatic N) is 3. The van der Waals surface area contributed by atoms with Gasteiger partial charge in [-0.15, -0.1) is 5.10 Å². The quantitative estimate of drug-likeness (QED) is 0.455. The number of aromatic nitrogens is 3. The normalized spacial score (nSPS) is 27.6. The number of aliphatic hydroxyl groups excluding tert-OH is 3. The van der Waals surface area contributed by atoms with Crippen LogP contribution in [0.3, 0.4) is 0 Å². The van der Waals surface area contributed by atoms with E-state index in [1.807, 2.05) is 0 Å².